The minimum Gasteiger partial charge on any atom is -0.462 e. The number of aliphatic hydroxyl groups is 4. The van der Waals surface area contributed by atoms with Gasteiger partial charge in [0.05, 0.1) is 32.0 Å². The minimum atomic E-state index is -4.69. The van der Waals surface area contributed by atoms with Crippen molar-refractivity contribution in [2.45, 2.75) is 206 Å². The zero-order valence-electron chi connectivity index (χ0n) is 37.6. The molecule has 12 nitrogen and oxygen atoms in total. The Morgan fingerprint density at radius 1 is 0.583 bits per heavy atom. The number of esters is 2. The Morgan fingerprint density at radius 2 is 1.07 bits per heavy atom. The zero-order chi connectivity index (χ0) is 44.5. The van der Waals surface area contributed by atoms with Crippen molar-refractivity contribution >= 4 is 19.8 Å². The topological polar surface area (TPSA) is 189 Å². The largest absolute Gasteiger partial charge is 0.472 e. The predicted molar refractivity (Wildman–Crippen MR) is 240 cm³/mol. The standard InChI is InChI=1S/C47H85O12P/c1-4-6-7-8-9-10-11-17-20-23-26-29-33-44(50)45(51)34-31-36-46(52)56-39-43(40-58-60(54,55)57-38-42(49)37-48)59-47(53)35-30-27-24-21-18-15-13-12-14-16-19-22-25-28-32-41(3)5-2/h6-7,9-10,17,20,26,29,41-45,48-51H,4-5,8,11-16,18-19,21-25,27-28,30-40H2,1-3H3,(H,54,55)/b7-6-,10-9-,20-17-,29-26-/t41?,42-,43+,44-,45-/m0/s1. The summed E-state index contributed by atoms with van der Waals surface area (Å²) in [6.07, 6.45) is 35.3. The van der Waals surface area contributed by atoms with Crippen LogP contribution in [0.1, 0.15) is 181 Å². The summed E-state index contributed by atoms with van der Waals surface area (Å²) in [7, 11) is -4.69. The molecule has 0 spiro atoms. The first kappa shape index (κ1) is 57.9. The Kier molecular flexibility index (Phi) is 39.4. The number of hydrogen-bond donors (Lipinski definition) is 5. The second-order valence-electron chi connectivity index (χ2n) is 16.0. The molecule has 5 N–H and O–H groups in total. The van der Waals surface area contributed by atoms with Crippen LogP contribution in [0, 0.1) is 5.92 Å². The van der Waals surface area contributed by atoms with Gasteiger partial charge < -0.3 is 34.8 Å². The lowest BCUT2D eigenvalue weighted by atomic mass is 9.99. The van der Waals surface area contributed by atoms with E-state index in [1.807, 2.05) is 18.2 Å². The van der Waals surface area contributed by atoms with Crippen LogP contribution >= 0.6 is 7.82 Å². The third-order valence-corrected chi connectivity index (χ3v) is 11.2. The number of carbonyl (C=O) groups is 2. The number of allylic oxidation sites excluding steroid dienone is 7. The van der Waals surface area contributed by atoms with E-state index in [4.69, 9.17) is 19.1 Å². The van der Waals surface area contributed by atoms with Gasteiger partial charge in [0.2, 0.25) is 0 Å². The number of ether oxygens (including phenoxy) is 2. The molecular formula is C47H85O12P. The molecule has 60 heavy (non-hydrogen) atoms. The Hall–Kier alpha value is -2.15. The van der Waals surface area contributed by atoms with E-state index < -0.39 is 70.6 Å². The van der Waals surface area contributed by atoms with Crippen molar-refractivity contribution in [2.75, 3.05) is 26.4 Å². The van der Waals surface area contributed by atoms with Crippen molar-refractivity contribution in [2.24, 2.45) is 5.92 Å². The van der Waals surface area contributed by atoms with Crippen LogP contribution in [0.25, 0.3) is 0 Å². The maximum absolute atomic E-state index is 12.7. The quantitative estimate of drug-likeness (QED) is 0.0169. The van der Waals surface area contributed by atoms with E-state index >= 15 is 0 Å². The fourth-order valence-electron chi connectivity index (χ4n) is 6.17. The van der Waals surface area contributed by atoms with Gasteiger partial charge in [-0.15, -0.1) is 0 Å². The molecule has 0 saturated carbocycles. The van der Waals surface area contributed by atoms with Crippen LogP contribution in [0.3, 0.4) is 0 Å². The predicted octanol–water partition coefficient (Wildman–Crippen LogP) is 10.3. The molecule has 0 saturated heterocycles. The van der Waals surface area contributed by atoms with E-state index in [2.05, 4.69) is 55.7 Å². The molecule has 0 aromatic carbocycles. The summed E-state index contributed by atoms with van der Waals surface area (Å²) in [6.45, 7) is 4.31. The molecule has 13 heteroatoms. The summed E-state index contributed by atoms with van der Waals surface area (Å²) in [5.74, 6) is -0.351. The molecule has 6 atom stereocenters. The van der Waals surface area contributed by atoms with Gasteiger partial charge in [-0.25, -0.2) is 4.57 Å². The van der Waals surface area contributed by atoms with Gasteiger partial charge in [-0.1, -0.05) is 166 Å². The van der Waals surface area contributed by atoms with Crippen LogP contribution in [0.5, 0.6) is 0 Å². The van der Waals surface area contributed by atoms with Crippen molar-refractivity contribution in [1.82, 2.24) is 0 Å². The molecular weight excluding hydrogens is 787 g/mol. The highest BCUT2D eigenvalue weighted by molar-refractivity contribution is 7.47. The smallest absolute Gasteiger partial charge is 0.462 e. The highest BCUT2D eigenvalue weighted by atomic mass is 31.2. The van der Waals surface area contributed by atoms with Gasteiger partial charge >= 0.3 is 19.8 Å². The van der Waals surface area contributed by atoms with Crippen LogP contribution < -0.4 is 0 Å². The molecule has 0 aromatic heterocycles. The third-order valence-electron chi connectivity index (χ3n) is 10.2. The fourth-order valence-corrected chi connectivity index (χ4v) is 6.96. The van der Waals surface area contributed by atoms with Crippen LogP contribution in [0.4, 0.5) is 0 Å². The normalized spacial score (nSPS) is 15.8. The lowest BCUT2D eigenvalue weighted by Gasteiger charge is -2.20. The SMILES string of the molecule is CC/C=C\C/C=C\C/C=C\C/C=C\C[C@H](O)[C@@H](O)CCCC(=O)OC[C@H](COP(=O)(O)OC[C@@H](O)CO)OC(=O)CCCCCCCCCCCCCCCCC(C)CC. The summed E-state index contributed by atoms with van der Waals surface area (Å²) >= 11 is 0. The van der Waals surface area contributed by atoms with Crippen molar-refractivity contribution in [3.05, 3.63) is 48.6 Å². The Bertz CT molecular complexity index is 1190. The lowest BCUT2D eigenvalue weighted by molar-refractivity contribution is -0.161. The van der Waals surface area contributed by atoms with Gasteiger partial charge in [-0.3, -0.25) is 18.6 Å². The number of aliphatic hydroxyl groups excluding tert-OH is 4. The Morgan fingerprint density at radius 3 is 1.60 bits per heavy atom. The molecule has 350 valence electrons. The van der Waals surface area contributed by atoms with Gasteiger partial charge in [0.1, 0.15) is 12.7 Å². The molecule has 0 aliphatic heterocycles. The lowest BCUT2D eigenvalue weighted by Crippen LogP contribution is -2.30. The molecule has 0 radical (unpaired) electrons. The van der Waals surface area contributed by atoms with Gasteiger partial charge in [-0.2, -0.15) is 0 Å². The highest BCUT2D eigenvalue weighted by Gasteiger charge is 2.27. The number of rotatable bonds is 42. The summed E-state index contributed by atoms with van der Waals surface area (Å²) < 4.78 is 32.6. The number of carbonyl (C=O) groups excluding carboxylic acids is 2. The van der Waals surface area contributed by atoms with Crippen molar-refractivity contribution in [3.63, 3.8) is 0 Å². The third kappa shape index (κ3) is 38.7. The Labute approximate surface area is 363 Å². The van der Waals surface area contributed by atoms with E-state index in [1.54, 1.807) is 0 Å². The average Bonchev–Trinajstić information content (AvgIpc) is 3.23. The number of unbranched alkanes of at least 4 members (excludes halogenated alkanes) is 13. The van der Waals surface area contributed by atoms with E-state index in [0.29, 0.717) is 12.8 Å². The van der Waals surface area contributed by atoms with Crippen LogP contribution in [-0.2, 0) is 32.7 Å². The van der Waals surface area contributed by atoms with Crippen molar-refractivity contribution in [3.8, 4) is 0 Å². The maximum Gasteiger partial charge on any atom is 0.472 e. The first-order valence-corrected chi connectivity index (χ1v) is 24.6. The number of phosphoric ester groups is 1. The Balaban J connectivity index is 4.48. The van der Waals surface area contributed by atoms with E-state index in [-0.39, 0.29) is 32.1 Å². The molecule has 0 rings (SSSR count). The molecule has 0 aliphatic rings. The van der Waals surface area contributed by atoms with Crippen LogP contribution in [0.2, 0.25) is 0 Å². The van der Waals surface area contributed by atoms with Crippen LogP contribution in [0.15, 0.2) is 48.6 Å². The highest BCUT2D eigenvalue weighted by Crippen LogP contribution is 2.43. The summed E-state index contributed by atoms with van der Waals surface area (Å²) in [6, 6.07) is 0. The number of phosphoric acid groups is 1. The monoisotopic (exact) mass is 873 g/mol. The summed E-state index contributed by atoms with van der Waals surface area (Å²) in [5, 5.41) is 39.0. The van der Waals surface area contributed by atoms with Crippen molar-refractivity contribution in [1.29, 1.82) is 0 Å². The second kappa shape index (κ2) is 40.9. The fraction of sp³-hybridized carbons (Fsp3) is 0.787. The molecule has 0 aromatic rings. The second-order valence-corrected chi connectivity index (χ2v) is 17.4. The molecule has 2 unspecified atom stereocenters. The van der Waals surface area contributed by atoms with E-state index in [1.165, 1.54) is 77.0 Å². The summed E-state index contributed by atoms with van der Waals surface area (Å²) in [4.78, 5) is 35.1. The van der Waals surface area contributed by atoms with E-state index in [9.17, 15) is 34.4 Å². The minimum absolute atomic E-state index is 0.0747. The first-order valence-electron chi connectivity index (χ1n) is 23.2. The zero-order valence-corrected chi connectivity index (χ0v) is 38.4. The van der Waals surface area contributed by atoms with Crippen LogP contribution in [-0.4, -0.2) is 88.1 Å². The molecule has 0 aliphatic carbocycles. The molecule has 0 fully saturated rings. The number of hydrogen-bond acceptors (Lipinski definition) is 11. The first-order chi connectivity index (χ1) is 28.9. The van der Waals surface area contributed by atoms with Gasteiger partial charge in [0, 0.05) is 12.8 Å². The summed E-state index contributed by atoms with van der Waals surface area (Å²) in [5.41, 5.74) is 0. The molecule has 0 amide bonds. The van der Waals surface area contributed by atoms with Crippen molar-refractivity contribution < 1.29 is 58.0 Å². The maximum atomic E-state index is 12.7. The van der Waals surface area contributed by atoms with Gasteiger partial charge in [0.25, 0.3) is 0 Å². The molecule has 0 heterocycles. The molecule has 0 bridgehead atoms. The van der Waals surface area contributed by atoms with Gasteiger partial charge in [-0.05, 0) is 57.3 Å². The van der Waals surface area contributed by atoms with E-state index in [0.717, 1.165) is 44.4 Å². The van der Waals surface area contributed by atoms with Gasteiger partial charge in [0.15, 0.2) is 6.10 Å². The average molecular weight is 873 g/mol.